The third-order valence-corrected chi connectivity index (χ3v) is 7.23. The van der Waals surface area contributed by atoms with Crippen LogP contribution in [-0.2, 0) is 12.6 Å². The van der Waals surface area contributed by atoms with Crippen molar-refractivity contribution in [3.05, 3.63) is 70.6 Å². The number of piperazine rings is 1. The van der Waals surface area contributed by atoms with E-state index in [9.17, 15) is 17.6 Å². The van der Waals surface area contributed by atoms with Gasteiger partial charge in [-0.1, -0.05) is 35.6 Å². The van der Waals surface area contributed by atoms with Crippen molar-refractivity contribution in [3.8, 4) is 0 Å². The van der Waals surface area contributed by atoms with Crippen LogP contribution in [0.15, 0.2) is 53.5 Å². The minimum absolute atomic E-state index is 0.164. The Morgan fingerprint density at radius 1 is 1.09 bits per heavy atom. The molecule has 0 bridgehead atoms. The molecule has 10 heteroatoms. The number of aryl methyl sites for hydroxylation is 1. The summed E-state index contributed by atoms with van der Waals surface area (Å²) in [7, 11) is 2.05. The minimum Gasteiger partial charge on any atom is -0.352 e. The van der Waals surface area contributed by atoms with E-state index in [-0.39, 0.29) is 17.6 Å². The first-order chi connectivity index (χ1) is 16.3. The third kappa shape index (κ3) is 4.65. The molecule has 2 aliphatic rings. The van der Waals surface area contributed by atoms with E-state index >= 15 is 0 Å². The first-order valence-corrected chi connectivity index (χ1v) is 11.8. The number of aromatic nitrogens is 1. The summed E-state index contributed by atoms with van der Waals surface area (Å²) in [5, 5.41) is 2.56. The van der Waals surface area contributed by atoms with E-state index in [0.29, 0.717) is 46.6 Å². The second-order valence-corrected chi connectivity index (χ2v) is 9.52. The van der Waals surface area contributed by atoms with Gasteiger partial charge in [-0.2, -0.15) is 13.2 Å². The van der Waals surface area contributed by atoms with E-state index in [1.807, 2.05) is 23.1 Å². The number of hydrogen-bond donors (Lipinski definition) is 1. The van der Waals surface area contributed by atoms with Gasteiger partial charge in [-0.3, -0.25) is 4.90 Å². The maximum absolute atomic E-state index is 13.5. The molecule has 3 heterocycles. The molecule has 0 amide bonds. The third-order valence-electron chi connectivity index (χ3n) is 6.22. The van der Waals surface area contributed by atoms with E-state index < -0.39 is 11.2 Å². The minimum atomic E-state index is -4.52. The lowest BCUT2D eigenvalue weighted by Crippen LogP contribution is -2.53. The second-order valence-electron chi connectivity index (χ2n) is 8.52. The van der Waals surface area contributed by atoms with Crippen molar-refractivity contribution in [1.29, 1.82) is 0 Å². The molecule has 1 atom stereocenters. The Balaban J connectivity index is 1.44. The van der Waals surface area contributed by atoms with Gasteiger partial charge >= 0.3 is 6.18 Å². The maximum atomic E-state index is 13.5. The number of anilines is 2. The topological polar surface area (TPSA) is 43.8 Å². The van der Waals surface area contributed by atoms with Crippen LogP contribution in [-0.4, -0.2) is 53.3 Å². The van der Waals surface area contributed by atoms with E-state index in [0.717, 1.165) is 24.9 Å². The molecule has 2 aromatic carbocycles. The van der Waals surface area contributed by atoms with Gasteiger partial charge < -0.3 is 10.2 Å². The molecule has 5 rings (SSSR count). The number of likely N-dealkylation sites (N-methyl/N-ethyl adjacent to an activating group) is 1. The van der Waals surface area contributed by atoms with Crippen LogP contribution >= 0.6 is 11.3 Å². The maximum Gasteiger partial charge on any atom is 0.443 e. The molecule has 0 radical (unpaired) electrons. The summed E-state index contributed by atoms with van der Waals surface area (Å²) < 4.78 is 53.7. The molecule has 1 aromatic heterocycles. The number of rotatable bonds is 3. The van der Waals surface area contributed by atoms with Crippen molar-refractivity contribution in [2.45, 2.75) is 25.1 Å². The summed E-state index contributed by atoms with van der Waals surface area (Å²) in [4.78, 5) is 13.1. The van der Waals surface area contributed by atoms with Crippen molar-refractivity contribution in [1.82, 2.24) is 14.8 Å². The molecule has 178 valence electrons. The molecular formula is C24H23F4N5S. The summed E-state index contributed by atoms with van der Waals surface area (Å²) in [6.07, 6.45) is -2.92. The molecule has 34 heavy (non-hydrogen) atoms. The van der Waals surface area contributed by atoms with Crippen LogP contribution < -0.4 is 5.32 Å². The quantitative estimate of drug-likeness (QED) is 0.481. The highest BCUT2D eigenvalue weighted by molar-refractivity contribution is 7.16. The van der Waals surface area contributed by atoms with Crippen LogP contribution in [0.2, 0.25) is 0 Å². The van der Waals surface area contributed by atoms with Gasteiger partial charge in [0.15, 0.2) is 5.84 Å². The first-order valence-electron chi connectivity index (χ1n) is 11.0. The lowest BCUT2D eigenvalue weighted by atomic mass is 10.0. The fourth-order valence-corrected chi connectivity index (χ4v) is 5.14. The highest BCUT2D eigenvalue weighted by Crippen LogP contribution is 2.42. The average Bonchev–Trinajstić information content (AvgIpc) is 3.17. The highest BCUT2D eigenvalue weighted by Gasteiger charge is 2.39. The van der Waals surface area contributed by atoms with Crippen LogP contribution in [0, 0.1) is 5.82 Å². The van der Waals surface area contributed by atoms with Crippen LogP contribution in [0.25, 0.3) is 0 Å². The molecule has 1 saturated heterocycles. The van der Waals surface area contributed by atoms with Crippen LogP contribution in [0.1, 0.15) is 22.7 Å². The normalized spacial score (nSPS) is 18.6. The van der Waals surface area contributed by atoms with Gasteiger partial charge in [0.1, 0.15) is 16.5 Å². The zero-order valence-corrected chi connectivity index (χ0v) is 19.3. The lowest BCUT2D eigenvalue weighted by Gasteiger charge is -2.40. The zero-order valence-electron chi connectivity index (χ0n) is 18.4. The van der Waals surface area contributed by atoms with Gasteiger partial charge in [0, 0.05) is 25.7 Å². The molecule has 0 aliphatic carbocycles. The predicted octanol–water partition coefficient (Wildman–Crippen LogP) is 5.69. The summed E-state index contributed by atoms with van der Waals surface area (Å²) in [5.41, 5.74) is 2.60. The van der Waals surface area contributed by atoms with E-state index in [1.165, 1.54) is 12.1 Å². The van der Waals surface area contributed by atoms with Crippen molar-refractivity contribution >= 4 is 33.5 Å². The van der Waals surface area contributed by atoms with Crippen molar-refractivity contribution in [2.75, 3.05) is 32.0 Å². The number of halogens is 4. The van der Waals surface area contributed by atoms with Gasteiger partial charge in [0.25, 0.3) is 0 Å². The number of amidine groups is 1. The highest BCUT2D eigenvalue weighted by atomic mass is 32.1. The molecule has 2 aliphatic heterocycles. The Labute approximate surface area is 198 Å². The standard InChI is InChI=1S/C24H23F4N5S/c1-32-12-13-33(14-17(32)11-8-15-6-9-16(25)10-7-15)21-20-22(34-23(31-20)24(26,27)28)30-19-5-3-2-4-18(19)29-21/h2-7,9-10,17,30H,8,11-14H2,1H3/t17-/m0/s1. The Morgan fingerprint density at radius 2 is 1.85 bits per heavy atom. The van der Waals surface area contributed by atoms with Crippen LogP contribution in [0.3, 0.4) is 0 Å². The summed E-state index contributed by atoms with van der Waals surface area (Å²) in [5.74, 6) is 0.196. The summed E-state index contributed by atoms with van der Waals surface area (Å²) in [6.45, 7) is 1.98. The molecule has 0 saturated carbocycles. The monoisotopic (exact) mass is 489 g/mol. The molecule has 5 nitrogen and oxygen atoms in total. The second kappa shape index (κ2) is 8.99. The first kappa shape index (κ1) is 22.8. The number of para-hydroxylation sites is 2. The number of thiazole rings is 1. The zero-order chi connectivity index (χ0) is 23.9. The van der Waals surface area contributed by atoms with E-state index in [2.05, 4.69) is 22.2 Å². The summed E-state index contributed by atoms with van der Waals surface area (Å²) >= 11 is 0.601. The molecular weight excluding hydrogens is 466 g/mol. The number of alkyl halides is 3. The number of nitrogens with zero attached hydrogens (tertiary/aromatic N) is 4. The number of hydrogen-bond acceptors (Lipinski definition) is 6. The fraction of sp³-hybridized carbons (Fsp3) is 0.333. The molecule has 1 N–H and O–H groups in total. The molecule has 3 aromatic rings. The van der Waals surface area contributed by atoms with Crippen LogP contribution in [0.5, 0.6) is 0 Å². The van der Waals surface area contributed by atoms with Gasteiger partial charge in [0.2, 0.25) is 5.01 Å². The van der Waals surface area contributed by atoms with E-state index in [4.69, 9.17) is 4.99 Å². The van der Waals surface area contributed by atoms with Crippen molar-refractivity contribution in [3.63, 3.8) is 0 Å². The van der Waals surface area contributed by atoms with Crippen molar-refractivity contribution in [2.24, 2.45) is 4.99 Å². The Bertz CT molecular complexity index is 1200. The Hall–Kier alpha value is -2.98. The molecule has 0 spiro atoms. The van der Waals surface area contributed by atoms with Gasteiger partial charge in [0.05, 0.1) is 11.4 Å². The Kier molecular flexibility index (Phi) is 6.03. The van der Waals surface area contributed by atoms with Crippen LogP contribution in [0.4, 0.5) is 33.9 Å². The van der Waals surface area contributed by atoms with Gasteiger partial charge in [-0.05, 0) is 49.7 Å². The number of benzene rings is 2. The number of fused-ring (bicyclic) bond motifs is 2. The molecule has 0 unspecified atom stereocenters. The number of aliphatic imine (C=N–C) groups is 1. The lowest BCUT2D eigenvalue weighted by molar-refractivity contribution is -0.137. The van der Waals surface area contributed by atoms with Gasteiger partial charge in [-0.25, -0.2) is 14.4 Å². The largest absolute Gasteiger partial charge is 0.443 e. The number of nitrogens with one attached hydrogen (secondary N) is 1. The predicted molar refractivity (Wildman–Crippen MR) is 126 cm³/mol. The SMILES string of the molecule is CN1CCN(C2=Nc3ccccc3Nc3sc(C(F)(F)F)nc32)C[C@@H]1CCc1ccc(F)cc1. The smallest absolute Gasteiger partial charge is 0.352 e. The van der Waals surface area contributed by atoms with E-state index in [1.54, 1.807) is 18.2 Å². The fourth-order valence-electron chi connectivity index (χ4n) is 4.30. The molecule has 1 fully saturated rings. The average molecular weight is 490 g/mol. The summed E-state index contributed by atoms with van der Waals surface area (Å²) in [6, 6.07) is 14.0. The Morgan fingerprint density at radius 3 is 2.62 bits per heavy atom. The van der Waals surface area contributed by atoms with Gasteiger partial charge in [-0.15, -0.1) is 0 Å². The van der Waals surface area contributed by atoms with Crippen molar-refractivity contribution < 1.29 is 17.6 Å².